The van der Waals surface area contributed by atoms with Crippen LogP contribution in [0.3, 0.4) is 0 Å². The minimum Gasteiger partial charge on any atom is -0.483 e. The predicted molar refractivity (Wildman–Crippen MR) is 67.0 cm³/mol. The van der Waals surface area contributed by atoms with E-state index in [-0.39, 0.29) is 30.4 Å². The van der Waals surface area contributed by atoms with Gasteiger partial charge in [0.25, 0.3) is 0 Å². The molecule has 0 N–H and O–H groups in total. The summed E-state index contributed by atoms with van der Waals surface area (Å²) in [6, 6.07) is 8.95. The highest BCUT2D eigenvalue weighted by Gasteiger charge is 2.11. The fourth-order valence-corrected chi connectivity index (χ4v) is 1.63. The molecule has 0 heterocycles. The van der Waals surface area contributed by atoms with Gasteiger partial charge in [-0.2, -0.15) is 4.39 Å². The topological polar surface area (TPSA) is 26.3 Å². The molecule has 5 heteroatoms. The van der Waals surface area contributed by atoms with Crippen molar-refractivity contribution in [3.05, 3.63) is 65.5 Å². The highest BCUT2D eigenvalue weighted by Crippen LogP contribution is 2.19. The van der Waals surface area contributed by atoms with E-state index in [1.54, 1.807) is 0 Å². The predicted octanol–water partition coefficient (Wildman–Crippen LogP) is 3.29. The molecule has 0 aliphatic heterocycles. The minimum absolute atomic E-state index is 0.0389. The lowest BCUT2D eigenvalue weighted by atomic mass is 10.1. The first-order valence-corrected chi connectivity index (χ1v) is 5.89. The smallest absolute Gasteiger partial charge is 0.200 e. The molecule has 0 radical (unpaired) electrons. The number of benzene rings is 2. The summed E-state index contributed by atoms with van der Waals surface area (Å²) in [6.07, 6.45) is 0.0389. The Morgan fingerprint density at radius 1 is 1.00 bits per heavy atom. The van der Waals surface area contributed by atoms with E-state index in [9.17, 15) is 18.0 Å². The van der Waals surface area contributed by atoms with Gasteiger partial charge in [0, 0.05) is 6.42 Å². The molecule has 0 spiro atoms. The first-order chi connectivity index (χ1) is 9.56. The van der Waals surface area contributed by atoms with Gasteiger partial charge in [0.15, 0.2) is 17.3 Å². The van der Waals surface area contributed by atoms with E-state index >= 15 is 0 Å². The molecule has 0 aromatic heterocycles. The van der Waals surface area contributed by atoms with Gasteiger partial charge in [-0.3, -0.25) is 4.79 Å². The zero-order valence-corrected chi connectivity index (χ0v) is 10.4. The number of Topliss-reactive ketones (excluding diaryl/α,β-unsaturated/α-hetero) is 1. The van der Waals surface area contributed by atoms with Crippen LogP contribution < -0.4 is 4.74 Å². The lowest BCUT2D eigenvalue weighted by molar-refractivity contribution is -0.120. The maximum atomic E-state index is 13.3. The molecule has 0 saturated carbocycles. The van der Waals surface area contributed by atoms with E-state index in [1.807, 2.05) is 0 Å². The molecule has 2 aromatic rings. The summed E-state index contributed by atoms with van der Waals surface area (Å²) < 4.78 is 43.8. The van der Waals surface area contributed by atoms with Crippen LogP contribution in [0.2, 0.25) is 0 Å². The minimum atomic E-state index is -1.12. The molecule has 0 atom stereocenters. The molecular formula is C15H11F3O2. The molecule has 0 bridgehead atoms. The third-order valence-electron chi connectivity index (χ3n) is 2.62. The molecule has 104 valence electrons. The SMILES string of the molecule is O=C(COc1cccc(F)c1F)Cc1ccc(F)cc1. The van der Waals surface area contributed by atoms with Gasteiger partial charge in [-0.15, -0.1) is 0 Å². The highest BCUT2D eigenvalue weighted by molar-refractivity contribution is 5.82. The summed E-state index contributed by atoms with van der Waals surface area (Å²) in [7, 11) is 0. The third kappa shape index (κ3) is 3.60. The van der Waals surface area contributed by atoms with Crippen LogP contribution in [0.4, 0.5) is 13.2 Å². The second kappa shape index (κ2) is 6.23. The van der Waals surface area contributed by atoms with Crippen LogP contribution >= 0.6 is 0 Å². The number of ketones is 1. The van der Waals surface area contributed by atoms with Gasteiger partial charge in [-0.1, -0.05) is 18.2 Å². The maximum Gasteiger partial charge on any atom is 0.200 e. The van der Waals surface area contributed by atoms with Gasteiger partial charge < -0.3 is 4.74 Å². The molecule has 2 nitrogen and oxygen atoms in total. The fourth-order valence-electron chi connectivity index (χ4n) is 1.63. The second-order valence-corrected chi connectivity index (χ2v) is 4.18. The Bertz CT molecular complexity index is 609. The van der Waals surface area contributed by atoms with Crippen molar-refractivity contribution in [3.63, 3.8) is 0 Å². The summed E-state index contributed by atoms with van der Waals surface area (Å²) >= 11 is 0. The molecule has 0 aliphatic rings. The lowest BCUT2D eigenvalue weighted by Crippen LogP contribution is -2.14. The van der Waals surface area contributed by atoms with Crippen LogP contribution in [0.1, 0.15) is 5.56 Å². The molecule has 0 aliphatic carbocycles. The van der Waals surface area contributed by atoms with Crippen LogP contribution in [-0.2, 0) is 11.2 Å². The largest absolute Gasteiger partial charge is 0.483 e. The number of carbonyl (C=O) groups excluding carboxylic acids is 1. The number of rotatable bonds is 5. The molecule has 0 amide bonds. The summed E-state index contributed by atoms with van der Waals surface area (Å²) in [4.78, 5) is 11.6. The second-order valence-electron chi connectivity index (χ2n) is 4.18. The van der Waals surface area contributed by atoms with Gasteiger partial charge >= 0.3 is 0 Å². The number of ether oxygens (including phenoxy) is 1. The van der Waals surface area contributed by atoms with Gasteiger partial charge in [0.1, 0.15) is 12.4 Å². The van der Waals surface area contributed by atoms with Crippen molar-refractivity contribution in [3.8, 4) is 5.75 Å². The van der Waals surface area contributed by atoms with Crippen molar-refractivity contribution in [2.45, 2.75) is 6.42 Å². The fraction of sp³-hybridized carbons (Fsp3) is 0.133. The molecule has 0 unspecified atom stereocenters. The van der Waals surface area contributed by atoms with E-state index in [1.165, 1.54) is 36.4 Å². The summed E-state index contributed by atoms with van der Waals surface area (Å²) in [6.45, 7) is -0.377. The summed E-state index contributed by atoms with van der Waals surface area (Å²) in [5.41, 5.74) is 0.625. The van der Waals surface area contributed by atoms with Crippen LogP contribution in [0, 0.1) is 17.5 Å². The zero-order chi connectivity index (χ0) is 14.5. The Morgan fingerprint density at radius 3 is 2.40 bits per heavy atom. The highest BCUT2D eigenvalue weighted by atomic mass is 19.2. The molecule has 0 fully saturated rings. The van der Waals surface area contributed by atoms with Crippen molar-refractivity contribution < 1.29 is 22.7 Å². The van der Waals surface area contributed by atoms with E-state index in [4.69, 9.17) is 4.74 Å². The van der Waals surface area contributed by atoms with Crippen molar-refractivity contribution in [1.82, 2.24) is 0 Å². The van der Waals surface area contributed by atoms with E-state index in [2.05, 4.69) is 0 Å². The molecule has 20 heavy (non-hydrogen) atoms. The van der Waals surface area contributed by atoms with Gasteiger partial charge in [-0.25, -0.2) is 8.78 Å². The van der Waals surface area contributed by atoms with Crippen molar-refractivity contribution in [2.75, 3.05) is 6.61 Å². The van der Waals surface area contributed by atoms with Crippen LogP contribution in [0.25, 0.3) is 0 Å². The normalized spacial score (nSPS) is 10.3. The molecular weight excluding hydrogens is 269 g/mol. The van der Waals surface area contributed by atoms with E-state index in [0.29, 0.717) is 5.56 Å². The first-order valence-electron chi connectivity index (χ1n) is 5.89. The Labute approximate surface area is 113 Å². The molecule has 2 rings (SSSR count). The Hall–Kier alpha value is -2.30. The average Bonchev–Trinajstić information content (AvgIpc) is 2.43. The Kier molecular flexibility index (Phi) is 4.40. The quantitative estimate of drug-likeness (QED) is 0.840. The van der Waals surface area contributed by atoms with Crippen LogP contribution in [0.15, 0.2) is 42.5 Å². The Balaban J connectivity index is 1.92. The summed E-state index contributed by atoms with van der Waals surface area (Å²) in [5.74, 6) is -3.17. The standard InChI is InChI=1S/C15H11F3O2/c16-11-6-4-10(5-7-11)8-12(19)9-20-14-3-1-2-13(17)15(14)18/h1-7H,8-9H2. The van der Waals surface area contributed by atoms with Crippen LogP contribution in [-0.4, -0.2) is 12.4 Å². The van der Waals surface area contributed by atoms with Crippen LogP contribution in [0.5, 0.6) is 5.75 Å². The average molecular weight is 280 g/mol. The van der Waals surface area contributed by atoms with Crippen molar-refractivity contribution >= 4 is 5.78 Å². The number of halogens is 3. The summed E-state index contributed by atoms with van der Waals surface area (Å²) in [5, 5.41) is 0. The van der Waals surface area contributed by atoms with Crippen molar-refractivity contribution in [1.29, 1.82) is 0 Å². The Morgan fingerprint density at radius 2 is 1.70 bits per heavy atom. The third-order valence-corrected chi connectivity index (χ3v) is 2.62. The van der Waals surface area contributed by atoms with Gasteiger partial charge in [0.05, 0.1) is 0 Å². The van der Waals surface area contributed by atoms with Gasteiger partial charge in [-0.05, 0) is 29.8 Å². The number of hydrogen-bond donors (Lipinski definition) is 0. The lowest BCUT2D eigenvalue weighted by Gasteiger charge is -2.07. The van der Waals surface area contributed by atoms with E-state index in [0.717, 1.165) is 6.07 Å². The van der Waals surface area contributed by atoms with Crippen molar-refractivity contribution in [2.24, 2.45) is 0 Å². The molecule has 0 saturated heterocycles. The number of hydrogen-bond acceptors (Lipinski definition) is 2. The first kappa shape index (κ1) is 14.1. The zero-order valence-electron chi connectivity index (χ0n) is 10.4. The molecule has 2 aromatic carbocycles. The van der Waals surface area contributed by atoms with Gasteiger partial charge in [0.2, 0.25) is 5.82 Å². The maximum absolute atomic E-state index is 13.3. The number of carbonyl (C=O) groups is 1. The monoisotopic (exact) mass is 280 g/mol. The van der Waals surface area contributed by atoms with E-state index < -0.39 is 11.6 Å².